The van der Waals surface area contributed by atoms with E-state index in [9.17, 15) is 18.0 Å². The molecule has 0 aliphatic carbocycles. The predicted octanol–water partition coefficient (Wildman–Crippen LogP) is 5.87. The average molecular weight is 586 g/mol. The van der Waals surface area contributed by atoms with Crippen LogP contribution in [0, 0.1) is 13.8 Å². The van der Waals surface area contributed by atoms with E-state index in [4.69, 9.17) is 16.7 Å². The fourth-order valence-electron chi connectivity index (χ4n) is 4.67. The van der Waals surface area contributed by atoms with Gasteiger partial charge in [0.15, 0.2) is 0 Å². The zero-order valence-corrected chi connectivity index (χ0v) is 24.9. The highest BCUT2D eigenvalue weighted by atomic mass is 35.5. The van der Waals surface area contributed by atoms with E-state index in [0.29, 0.717) is 30.0 Å². The largest absolute Gasteiger partial charge is 0.481 e. The molecule has 1 aromatic heterocycles. The Kier molecular flexibility index (Phi) is 10.8. The maximum atomic E-state index is 14.1. The number of aliphatic carboxylic acids is 1. The van der Waals surface area contributed by atoms with Crippen molar-refractivity contribution < 1.29 is 23.1 Å². The fourth-order valence-corrected chi connectivity index (χ4v) is 6.81. The fraction of sp³-hybridized carbons (Fsp3) is 0.367. The Hall–Kier alpha value is -3.27. The molecule has 0 saturated heterocycles. The molecule has 0 aliphatic rings. The number of amides is 1. The number of hydrogen-bond acceptors (Lipinski definition) is 5. The molecule has 2 aromatic carbocycles. The molecule has 1 atom stereocenters. The molecule has 0 bridgehead atoms. The Balaban J connectivity index is 1.91. The number of hydrogen-bond donors (Lipinski definition) is 1. The quantitative estimate of drug-likeness (QED) is 0.251. The first-order chi connectivity index (χ1) is 18.9. The van der Waals surface area contributed by atoms with Crippen LogP contribution in [0.15, 0.2) is 65.8 Å². The van der Waals surface area contributed by atoms with E-state index in [1.54, 1.807) is 37.5 Å². The number of aromatic nitrogens is 1. The molecule has 0 saturated carbocycles. The normalized spacial score (nSPS) is 12.3. The summed E-state index contributed by atoms with van der Waals surface area (Å²) in [6, 6.07) is 14.1. The molecule has 0 spiro atoms. The van der Waals surface area contributed by atoms with Crippen LogP contribution in [-0.4, -0.2) is 59.2 Å². The van der Waals surface area contributed by atoms with Crippen LogP contribution in [0.2, 0.25) is 5.02 Å². The van der Waals surface area contributed by atoms with Gasteiger partial charge in [0, 0.05) is 50.0 Å². The van der Waals surface area contributed by atoms with Crippen molar-refractivity contribution in [3.63, 3.8) is 0 Å². The van der Waals surface area contributed by atoms with Gasteiger partial charge in [0.05, 0.1) is 11.3 Å². The van der Waals surface area contributed by atoms with E-state index in [0.717, 1.165) is 22.3 Å². The highest BCUT2D eigenvalue weighted by Gasteiger charge is 2.31. The number of pyridine rings is 1. The number of carbonyl (C=O) groups is 2. The van der Waals surface area contributed by atoms with Crippen molar-refractivity contribution in [3.8, 4) is 11.1 Å². The summed E-state index contributed by atoms with van der Waals surface area (Å²) in [6.45, 7) is 7.61. The van der Waals surface area contributed by atoms with Crippen molar-refractivity contribution in [2.45, 2.75) is 57.9 Å². The van der Waals surface area contributed by atoms with Gasteiger partial charge in [-0.15, -0.1) is 0 Å². The van der Waals surface area contributed by atoms with Crippen LogP contribution in [0.25, 0.3) is 11.1 Å². The number of aryl methyl sites for hydroxylation is 1. The second kappa shape index (κ2) is 13.9. The topological polar surface area (TPSA) is 108 Å². The first-order valence-electron chi connectivity index (χ1n) is 13.2. The van der Waals surface area contributed by atoms with E-state index < -0.39 is 22.0 Å². The lowest BCUT2D eigenvalue weighted by Crippen LogP contribution is -2.36. The molecule has 0 aliphatic heterocycles. The Morgan fingerprint density at radius 3 is 2.40 bits per heavy atom. The molecule has 3 aromatic rings. The van der Waals surface area contributed by atoms with Crippen molar-refractivity contribution in [1.82, 2.24) is 14.2 Å². The maximum absolute atomic E-state index is 14.1. The van der Waals surface area contributed by atoms with E-state index in [-0.39, 0.29) is 30.3 Å². The Bertz CT molecular complexity index is 1460. The lowest BCUT2D eigenvalue weighted by molar-refractivity contribution is -0.138. The first kappa shape index (κ1) is 31.3. The van der Waals surface area contributed by atoms with Crippen molar-refractivity contribution in [2.24, 2.45) is 0 Å². The lowest BCUT2D eigenvalue weighted by Gasteiger charge is -2.30. The smallest absolute Gasteiger partial charge is 0.305 e. The number of carboxylic acid groups (broad SMARTS) is 1. The summed E-state index contributed by atoms with van der Waals surface area (Å²) < 4.78 is 29.6. The second-order valence-corrected chi connectivity index (χ2v) is 12.1. The van der Waals surface area contributed by atoms with Gasteiger partial charge in [0.25, 0.3) is 0 Å². The summed E-state index contributed by atoms with van der Waals surface area (Å²) in [7, 11) is -3.95. The van der Waals surface area contributed by atoms with Crippen LogP contribution in [0.1, 0.15) is 55.8 Å². The molecule has 0 radical (unpaired) electrons. The molecule has 1 N–H and O–H groups in total. The molecule has 10 heteroatoms. The van der Waals surface area contributed by atoms with Crippen LogP contribution in [0.3, 0.4) is 0 Å². The van der Waals surface area contributed by atoms with Crippen molar-refractivity contribution in [1.29, 1.82) is 0 Å². The van der Waals surface area contributed by atoms with Crippen LogP contribution in [0.4, 0.5) is 0 Å². The van der Waals surface area contributed by atoms with Gasteiger partial charge in [-0.3, -0.25) is 14.6 Å². The van der Waals surface area contributed by atoms with Crippen LogP contribution < -0.4 is 0 Å². The second-order valence-electron chi connectivity index (χ2n) is 9.83. The number of benzene rings is 2. The number of halogens is 1. The Labute approximate surface area is 241 Å². The molecule has 1 heterocycles. The number of carbonyl (C=O) groups excluding carboxylic acids is 1. The van der Waals surface area contributed by atoms with Gasteiger partial charge in [-0.2, -0.15) is 4.31 Å². The van der Waals surface area contributed by atoms with Gasteiger partial charge in [-0.1, -0.05) is 35.9 Å². The third-order valence-corrected chi connectivity index (χ3v) is 9.56. The third kappa shape index (κ3) is 7.68. The van der Waals surface area contributed by atoms with E-state index in [2.05, 4.69) is 4.98 Å². The lowest BCUT2D eigenvalue weighted by atomic mass is 9.98. The number of rotatable bonds is 13. The summed E-state index contributed by atoms with van der Waals surface area (Å²) in [5.74, 6) is -1.18. The summed E-state index contributed by atoms with van der Waals surface area (Å²) in [4.78, 5) is 28.7. The SMILES string of the molecule is CC(=O)N(CCCCN([C@@H](C)c1cccc(-c2ccncc2C)c1)S(=O)(=O)c1cccc(Cl)c1C)CCC(=O)O. The van der Waals surface area contributed by atoms with Gasteiger partial charge in [-0.25, -0.2) is 8.42 Å². The zero-order valence-electron chi connectivity index (χ0n) is 23.3. The summed E-state index contributed by atoms with van der Waals surface area (Å²) in [6.07, 6.45) is 4.38. The minimum atomic E-state index is -3.95. The monoisotopic (exact) mass is 585 g/mol. The van der Waals surface area contributed by atoms with E-state index in [1.165, 1.54) is 16.1 Å². The predicted molar refractivity (Wildman–Crippen MR) is 157 cm³/mol. The molecule has 3 rings (SSSR count). The minimum Gasteiger partial charge on any atom is -0.481 e. The van der Waals surface area contributed by atoms with Crippen molar-refractivity contribution in [2.75, 3.05) is 19.6 Å². The van der Waals surface area contributed by atoms with Gasteiger partial charge in [0.1, 0.15) is 0 Å². The molecule has 40 heavy (non-hydrogen) atoms. The Morgan fingerprint density at radius 1 is 1.02 bits per heavy atom. The van der Waals surface area contributed by atoms with E-state index >= 15 is 0 Å². The average Bonchev–Trinajstić information content (AvgIpc) is 2.91. The van der Waals surface area contributed by atoms with Gasteiger partial charge >= 0.3 is 5.97 Å². The number of unbranched alkanes of at least 4 members (excludes halogenated alkanes) is 1. The Morgan fingerprint density at radius 2 is 1.73 bits per heavy atom. The maximum Gasteiger partial charge on any atom is 0.305 e. The first-order valence-corrected chi connectivity index (χ1v) is 15.0. The minimum absolute atomic E-state index is 0.117. The molecular weight excluding hydrogens is 550 g/mol. The summed E-state index contributed by atoms with van der Waals surface area (Å²) in [5, 5.41) is 9.36. The van der Waals surface area contributed by atoms with Gasteiger partial charge in [-0.05, 0) is 85.7 Å². The van der Waals surface area contributed by atoms with Crippen LogP contribution in [-0.2, 0) is 19.6 Å². The summed E-state index contributed by atoms with van der Waals surface area (Å²) >= 11 is 6.30. The molecular formula is C30H36ClN3O5S. The highest BCUT2D eigenvalue weighted by molar-refractivity contribution is 7.89. The highest BCUT2D eigenvalue weighted by Crippen LogP contribution is 2.33. The van der Waals surface area contributed by atoms with Crippen LogP contribution >= 0.6 is 11.6 Å². The molecule has 8 nitrogen and oxygen atoms in total. The van der Waals surface area contributed by atoms with E-state index in [1.807, 2.05) is 44.2 Å². The van der Waals surface area contributed by atoms with Crippen LogP contribution in [0.5, 0.6) is 0 Å². The van der Waals surface area contributed by atoms with Gasteiger partial charge < -0.3 is 10.0 Å². The summed E-state index contributed by atoms with van der Waals surface area (Å²) in [5.41, 5.74) is 4.33. The molecule has 0 unspecified atom stereocenters. The number of carboxylic acids is 1. The number of nitrogens with zero attached hydrogens (tertiary/aromatic N) is 3. The standard InChI is InChI=1S/C30H36ClN3O5S/c1-21-20-32-15-13-27(21)26-10-7-9-25(19-26)23(3)34(40(38,39)29-12-8-11-28(31)22(29)2)17-6-5-16-33(24(4)35)18-14-30(36)37/h7-13,15,19-20,23H,5-6,14,16-18H2,1-4H3,(H,36,37)/t23-/m0/s1. The van der Waals surface area contributed by atoms with Crippen molar-refractivity contribution >= 4 is 33.5 Å². The van der Waals surface area contributed by atoms with Crippen molar-refractivity contribution in [3.05, 3.63) is 82.6 Å². The third-order valence-electron chi connectivity index (χ3n) is 7.03. The number of sulfonamides is 1. The molecule has 214 valence electrons. The van der Waals surface area contributed by atoms with Gasteiger partial charge in [0.2, 0.25) is 15.9 Å². The molecule has 1 amide bonds. The molecule has 0 fully saturated rings. The zero-order chi connectivity index (χ0) is 29.4.